The molecule has 4 heteroatoms. The van der Waals surface area contributed by atoms with Gasteiger partial charge in [-0.3, -0.25) is 4.79 Å². The molecule has 2 fully saturated rings. The van der Waals surface area contributed by atoms with Gasteiger partial charge in [-0.2, -0.15) is 0 Å². The van der Waals surface area contributed by atoms with Gasteiger partial charge in [0.15, 0.2) is 0 Å². The van der Waals surface area contributed by atoms with Gasteiger partial charge in [0.2, 0.25) is 5.91 Å². The van der Waals surface area contributed by atoms with Gasteiger partial charge in [-0.15, -0.1) is 0 Å². The summed E-state index contributed by atoms with van der Waals surface area (Å²) in [6.07, 6.45) is 6.26. The Balaban J connectivity index is 1.97. The Kier molecular flexibility index (Phi) is 3.73. The number of rotatable bonds is 4. The van der Waals surface area contributed by atoms with Crippen LogP contribution in [0.4, 0.5) is 0 Å². The lowest BCUT2D eigenvalue weighted by molar-refractivity contribution is -0.123. The SMILES string of the molecule is CC(C)(NC1CCCC1C1CCCN1)C(N)=O. The number of hydrogen-bond acceptors (Lipinski definition) is 3. The maximum Gasteiger partial charge on any atom is 0.237 e. The summed E-state index contributed by atoms with van der Waals surface area (Å²) in [5.41, 5.74) is 4.84. The van der Waals surface area contributed by atoms with Crippen molar-refractivity contribution >= 4 is 5.91 Å². The molecular weight excluding hydrogens is 214 g/mol. The van der Waals surface area contributed by atoms with Crippen molar-refractivity contribution in [1.82, 2.24) is 10.6 Å². The van der Waals surface area contributed by atoms with Gasteiger partial charge in [0.05, 0.1) is 5.54 Å². The predicted octanol–water partition coefficient (Wildman–Crippen LogP) is 0.761. The number of primary amides is 1. The normalized spacial score (nSPS) is 34.1. The second-order valence-electron chi connectivity index (χ2n) is 6.04. The van der Waals surface area contributed by atoms with Crippen LogP contribution in [0.25, 0.3) is 0 Å². The van der Waals surface area contributed by atoms with Crippen LogP contribution in [0.2, 0.25) is 0 Å². The van der Waals surface area contributed by atoms with Crippen LogP contribution >= 0.6 is 0 Å². The number of nitrogens with one attached hydrogen (secondary N) is 2. The first-order valence-electron chi connectivity index (χ1n) is 6.82. The van der Waals surface area contributed by atoms with E-state index in [1.54, 1.807) is 0 Å². The van der Waals surface area contributed by atoms with Crippen molar-refractivity contribution in [3.05, 3.63) is 0 Å². The quantitative estimate of drug-likeness (QED) is 0.678. The molecule has 17 heavy (non-hydrogen) atoms. The van der Waals surface area contributed by atoms with Crippen LogP contribution in [-0.2, 0) is 4.79 Å². The molecule has 0 aromatic carbocycles. The Hall–Kier alpha value is -0.610. The fourth-order valence-electron chi connectivity index (χ4n) is 3.26. The summed E-state index contributed by atoms with van der Waals surface area (Å²) in [5.74, 6) is 0.402. The van der Waals surface area contributed by atoms with Gasteiger partial charge in [-0.25, -0.2) is 0 Å². The van der Waals surface area contributed by atoms with Gasteiger partial charge in [-0.05, 0) is 52.0 Å². The molecule has 0 radical (unpaired) electrons. The van der Waals surface area contributed by atoms with Gasteiger partial charge in [0, 0.05) is 12.1 Å². The molecule has 3 atom stereocenters. The van der Waals surface area contributed by atoms with Crippen molar-refractivity contribution in [2.24, 2.45) is 11.7 Å². The summed E-state index contributed by atoms with van der Waals surface area (Å²) >= 11 is 0. The molecule has 2 rings (SSSR count). The molecule has 0 bridgehead atoms. The van der Waals surface area contributed by atoms with Crippen LogP contribution in [-0.4, -0.2) is 30.1 Å². The van der Waals surface area contributed by atoms with E-state index in [1.807, 2.05) is 13.8 Å². The third-order valence-electron chi connectivity index (χ3n) is 4.35. The molecule has 1 heterocycles. The van der Waals surface area contributed by atoms with Gasteiger partial charge in [-0.1, -0.05) is 6.42 Å². The highest BCUT2D eigenvalue weighted by Crippen LogP contribution is 2.32. The second kappa shape index (κ2) is 4.94. The van der Waals surface area contributed by atoms with E-state index in [4.69, 9.17) is 5.73 Å². The summed E-state index contributed by atoms with van der Waals surface area (Å²) in [5, 5.41) is 7.05. The number of carbonyl (C=O) groups excluding carboxylic acids is 1. The molecule has 98 valence electrons. The molecule has 2 aliphatic rings. The number of nitrogens with two attached hydrogens (primary N) is 1. The Bertz CT molecular complexity index is 284. The molecule has 4 nitrogen and oxygen atoms in total. The number of carbonyl (C=O) groups is 1. The summed E-state index contributed by atoms with van der Waals surface area (Å²) < 4.78 is 0. The van der Waals surface area contributed by atoms with Gasteiger partial charge < -0.3 is 16.4 Å². The minimum atomic E-state index is -0.591. The topological polar surface area (TPSA) is 67.2 Å². The monoisotopic (exact) mass is 239 g/mol. The fourth-order valence-corrected chi connectivity index (χ4v) is 3.26. The van der Waals surface area contributed by atoms with Crippen molar-refractivity contribution in [2.75, 3.05) is 6.54 Å². The Morgan fingerprint density at radius 3 is 2.65 bits per heavy atom. The van der Waals surface area contributed by atoms with Crippen molar-refractivity contribution in [3.8, 4) is 0 Å². The largest absolute Gasteiger partial charge is 0.368 e. The maximum atomic E-state index is 11.4. The first-order chi connectivity index (χ1) is 8.00. The molecule has 0 aromatic rings. The summed E-state index contributed by atoms with van der Waals surface area (Å²) in [7, 11) is 0. The second-order valence-corrected chi connectivity index (χ2v) is 6.04. The summed E-state index contributed by atoms with van der Waals surface area (Å²) in [4.78, 5) is 11.4. The predicted molar refractivity (Wildman–Crippen MR) is 68.6 cm³/mol. The molecule has 1 saturated carbocycles. The van der Waals surface area contributed by atoms with E-state index in [9.17, 15) is 4.79 Å². The number of amides is 1. The third-order valence-corrected chi connectivity index (χ3v) is 4.35. The zero-order valence-corrected chi connectivity index (χ0v) is 11.0. The lowest BCUT2D eigenvalue weighted by atomic mass is 9.91. The van der Waals surface area contributed by atoms with E-state index < -0.39 is 5.54 Å². The molecule has 1 saturated heterocycles. The standard InChI is InChI=1S/C13H25N3O/c1-13(2,12(14)17)16-11-6-3-5-9(11)10-7-4-8-15-10/h9-11,15-16H,3-8H2,1-2H3,(H2,14,17). The average Bonchev–Trinajstić information content (AvgIpc) is 2.85. The van der Waals surface area contributed by atoms with Crippen molar-refractivity contribution < 1.29 is 4.79 Å². The molecule has 4 N–H and O–H groups in total. The number of hydrogen-bond donors (Lipinski definition) is 3. The van der Waals surface area contributed by atoms with Gasteiger partial charge in [0.25, 0.3) is 0 Å². The first kappa shape index (κ1) is 12.8. The van der Waals surface area contributed by atoms with Crippen molar-refractivity contribution in [3.63, 3.8) is 0 Å². The fraction of sp³-hybridized carbons (Fsp3) is 0.923. The lowest BCUT2D eigenvalue weighted by Gasteiger charge is -2.33. The highest BCUT2D eigenvalue weighted by molar-refractivity contribution is 5.83. The average molecular weight is 239 g/mol. The Morgan fingerprint density at radius 1 is 1.29 bits per heavy atom. The van der Waals surface area contributed by atoms with Gasteiger partial charge in [0.1, 0.15) is 0 Å². The highest BCUT2D eigenvalue weighted by atomic mass is 16.1. The molecule has 1 aliphatic carbocycles. The van der Waals surface area contributed by atoms with E-state index >= 15 is 0 Å². The van der Waals surface area contributed by atoms with Crippen LogP contribution in [0.5, 0.6) is 0 Å². The van der Waals surface area contributed by atoms with Crippen LogP contribution in [0, 0.1) is 5.92 Å². The van der Waals surface area contributed by atoms with Gasteiger partial charge >= 0.3 is 0 Å². The first-order valence-corrected chi connectivity index (χ1v) is 6.82. The smallest absolute Gasteiger partial charge is 0.237 e. The zero-order valence-electron chi connectivity index (χ0n) is 11.0. The van der Waals surface area contributed by atoms with E-state index in [0.29, 0.717) is 18.0 Å². The Morgan fingerprint density at radius 2 is 2.06 bits per heavy atom. The molecular formula is C13H25N3O. The summed E-state index contributed by atoms with van der Waals surface area (Å²) in [6.45, 7) is 4.91. The van der Waals surface area contributed by atoms with Crippen LogP contribution in [0.15, 0.2) is 0 Å². The van der Waals surface area contributed by atoms with Crippen molar-refractivity contribution in [1.29, 1.82) is 0 Å². The molecule has 1 aliphatic heterocycles. The molecule has 1 amide bonds. The van der Waals surface area contributed by atoms with E-state index in [-0.39, 0.29) is 5.91 Å². The Labute approximate surface area is 104 Å². The summed E-state index contributed by atoms with van der Waals surface area (Å²) in [6, 6.07) is 1.08. The maximum absolute atomic E-state index is 11.4. The van der Waals surface area contributed by atoms with E-state index in [1.165, 1.54) is 32.1 Å². The van der Waals surface area contributed by atoms with E-state index in [0.717, 1.165) is 6.54 Å². The van der Waals surface area contributed by atoms with Crippen LogP contribution in [0.1, 0.15) is 46.0 Å². The lowest BCUT2D eigenvalue weighted by Crippen LogP contribution is -2.57. The highest BCUT2D eigenvalue weighted by Gasteiger charge is 2.38. The minimum Gasteiger partial charge on any atom is -0.368 e. The minimum absolute atomic E-state index is 0.262. The van der Waals surface area contributed by atoms with Crippen LogP contribution in [0.3, 0.4) is 0 Å². The zero-order chi connectivity index (χ0) is 12.5. The van der Waals surface area contributed by atoms with E-state index in [2.05, 4.69) is 10.6 Å². The van der Waals surface area contributed by atoms with Crippen LogP contribution < -0.4 is 16.4 Å². The third kappa shape index (κ3) is 2.80. The van der Waals surface area contributed by atoms with Crippen molar-refractivity contribution in [2.45, 2.75) is 63.6 Å². The molecule has 3 unspecified atom stereocenters. The molecule has 0 aromatic heterocycles. The molecule has 0 spiro atoms.